The number of amides is 1. The Morgan fingerprint density at radius 3 is 2.67 bits per heavy atom. The predicted octanol–water partition coefficient (Wildman–Crippen LogP) is 3.13. The van der Waals surface area contributed by atoms with Crippen LogP contribution in [0.3, 0.4) is 0 Å². The van der Waals surface area contributed by atoms with Crippen LogP contribution in [0.15, 0.2) is 30.6 Å². The predicted molar refractivity (Wildman–Crippen MR) is 92.3 cm³/mol. The Hall–Kier alpha value is -2.21. The summed E-state index contributed by atoms with van der Waals surface area (Å²) in [7, 11) is 0. The van der Waals surface area contributed by atoms with Gasteiger partial charge in [-0.15, -0.1) is 0 Å². The number of hydrogen-bond donors (Lipinski definition) is 3. The van der Waals surface area contributed by atoms with Gasteiger partial charge in [0.15, 0.2) is 0 Å². The topological polar surface area (TPSA) is 90.9 Å². The molecular weight excluding hydrogens is 304 g/mol. The van der Waals surface area contributed by atoms with Crippen molar-refractivity contribution in [1.82, 2.24) is 15.2 Å². The first-order chi connectivity index (χ1) is 11.8. The van der Waals surface area contributed by atoms with Crippen molar-refractivity contribution >= 4 is 11.6 Å². The monoisotopic (exact) mass is 328 g/mol. The molecule has 1 unspecified atom stereocenters. The summed E-state index contributed by atoms with van der Waals surface area (Å²) in [6, 6.07) is 5.54. The number of H-pyrrole nitrogens is 1. The van der Waals surface area contributed by atoms with Crippen LogP contribution >= 0.6 is 0 Å². The molecule has 0 aliphatic heterocycles. The lowest BCUT2D eigenvalue weighted by atomic mass is 9.87. The number of aliphatic hydroxyl groups excluding tert-OH is 1. The Balaban J connectivity index is 1.67. The third-order valence-corrected chi connectivity index (χ3v) is 4.68. The van der Waals surface area contributed by atoms with E-state index in [1.54, 1.807) is 12.4 Å². The number of aromatic amines is 1. The molecule has 3 N–H and O–H groups in total. The number of aliphatic hydroxyl groups is 1. The minimum atomic E-state index is -0.977. The average Bonchev–Trinajstić information content (AvgIpc) is 3.03. The molecule has 0 radical (unpaired) electrons. The molecule has 24 heavy (non-hydrogen) atoms. The van der Waals surface area contributed by atoms with Gasteiger partial charge in [0.2, 0.25) is 0 Å². The minimum absolute atomic E-state index is 0.0375. The Labute approximate surface area is 141 Å². The average molecular weight is 328 g/mol. The third-order valence-electron chi connectivity index (χ3n) is 4.68. The third kappa shape index (κ3) is 4.00. The molecule has 1 atom stereocenters. The molecule has 1 aliphatic carbocycles. The standard InChI is InChI=1S/C18H24N4O2/c23-17(13-8-4-2-1-3-5-9-13)18(24)21-15-12-20-22-16(15)14-10-6-7-11-19-14/h6-7,10-13,17,23H,1-5,8-9H2,(H,20,22)(H,21,24). The van der Waals surface area contributed by atoms with Crippen LogP contribution in [0.25, 0.3) is 11.4 Å². The molecule has 1 fully saturated rings. The maximum atomic E-state index is 12.5. The second-order valence-electron chi connectivity index (χ2n) is 6.41. The molecule has 0 aromatic carbocycles. The maximum Gasteiger partial charge on any atom is 0.253 e. The van der Waals surface area contributed by atoms with Crippen LogP contribution < -0.4 is 5.32 Å². The van der Waals surface area contributed by atoms with Crippen LogP contribution in [-0.4, -0.2) is 32.3 Å². The number of carbonyl (C=O) groups excluding carboxylic acids is 1. The van der Waals surface area contributed by atoms with Gasteiger partial charge in [-0.05, 0) is 30.9 Å². The van der Waals surface area contributed by atoms with E-state index in [0.29, 0.717) is 17.1 Å². The van der Waals surface area contributed by atoms with Crippen molar-refractivity contribution in [1.29, 1.82) is 0 Å². The lowest BCUT2D eigenvalue weighted by Gasteiger charge is -2.24. The highest BCUT2D eigenvalue weighted by Gasteiger charge is 2.27. The minimum Gasteiger partial charge on any atom is -0.383 e. The number of rotatable bonds is 4. The Bertz CT molecular complexity index is 648. The van der Waals surface area contributed by atoms with Crippen molar-refractivity contribution < 1.29 is 9.90 Å². The number of pyridine rings is 1. The summed E-state index contributed by atoms with van der Waals surface area (Å²) in [4.78, 5) is 16.7. The van der Waals surface area contributed by atoms with Crippen molar-refractivity contribution in [3.63, 3.8) is 0 Å². The first-order valence-corrected chi connectivity index (χ1v) is 8.69. The maximum absolute atomic E-state index is 12.5. The molecular formula is C18H24N4O2. The van der Waals surface area contributed by atoms with Gasteiger partial charge < -0.3 is 10.4 Å². The second kappa shape index (κ2) is 8.06. The van der Waals surface area contributed by atoms with Crippen molar-refractivity contribution in [2.24, 2.45) is 5.92 Å². The normalized spacial score (nSPS) is 17.7. The first kappa shape index (κ1) is 16.6. The van der Waals surface area contributed by atoms with E-state index in [1.807, 2.05) is 18.2 Å². The quantitative estimate of drug-likeness (QED) is 0.804. The van der Waals surface area contributed by atoms with Crippen molar-refractivity contribution in [3.05, 3.63) is 30.6 Å². The molecule has 3 rings (SSSR count). The fraction of sp³-hybridized carbons (Fsp3) is 0.500. The van der Waals surface area contributed by atoms with Crippen LogP contribution in [0, 0.1) is 5.92 Å². The van der Waals surface area contributed by atoms with Gasteiger partial charge in [-0.25, -0.2) is 0 Å². The smallest absolute Gasteiger partial charge is 0.253 e. The largest absolute Gasteiger partial charge is 0.383 e. The van der Waals surface area contributed by atoms with Gasteiger partial charge in [0.25, 0.3) is 5.91 Å². The van der Waals surface area contributed by atoms with Crippen molar-refractivity contribution in [2.75, 3.05) is 5.32 Å². The zero-order chi connectivity index (χ0) is 16.8. The van der Waals surface area contributed by atoms with Crippen molar-refractivity contribution in [2.45, 2.75) is 51.0 Å². The summed E-state index contributed by atoms with van der Waals surface area (Å²) in [5, 5.41) is 20.1. The Kier molecular flexibility index (Phi) is 5.59. The number of nitrogens with zero attached hydrogens (tertiary/aromatic N) is 2. The summed E-state index contributed by atoms with van der Waals surface area (Å²) >= 11 is 0. The molecule has 1 saturated carbocycles. The molecule has 2 heterocycles. The van der Waals surface area contributed by atoms with Crippen LogP contribution in [0.2, 0.25) is 0 Å². The van der Waals surface area contributed by atoms with E-state index in [0.717, 1.165) is 25.7 Å². The second-order valence-corrected chi connectivity index (χ2v) is 6.41. The molecule has 6 heteroatoms. The molecule has 6 nitrogen and oxygen atoms in total. The molecule has 0 bridgehead atoms. The van der Waals surface area contributed by atoms with Crippen molar-refractivity contribution in [3.8, 4) is 11.4 Å². The highest BCUT2D eigenvalue weighted by molar-refractivity contribution is 5.96. The van der Waals surface area contributed by atoms with Gasteiger partial charge in [0, 0.05) is 6.20 Å². The van der Waals surface area contributed by atoms with Crippen LogP contribution in [0.1, 0.15) is 44.9 Å². The number of carbonyl (C=O) groups is 1. The van der Waals surface area contributed by atoms with Gasteiger partial charge in [0.05, 0.1) is 17.6 Å². The molecule has 1 amide bonds. The van der Waals surface area contributed by atoms with Gasteiger partial charge >= 0.3 is 0 Å². The lowest BCUT2D eigenvalue weighted by molar-refractivity contribution is -0.127. The summed E-state index contributed by atoms with van der Waals surface area (Å²) < 4.78 is 0. The fourth-order valence-electron chi connectivity index (χ4n) is 3.31. The van der Waals surface area contributed by atoms with E-state index < -0.39 is 6.10 Å². The van der Waals surface area contributed by atoms with E-state index in [2.05, 4.69) is 20.5 Å². The lowest BCUT2D eigenvalue weighted by Crippen LogP contribution is -2.35. The SMILES string of the molecule is O=C(Nc1cn[nH]c1-c1ccccn1)C(O)C1CCCCCCC1. The van der Waals surface area contributed by atoms with Crippen LogP contribution in [-0.2, 0) is 4.79 Å². The number of nitrogens with one attached hydrogen (secondary N) is 2. The van der Waals surface area contributed by atoms with E-state index in [9.17, 15) is 9.90 Å². The first-order valence-electron chi connectivity index (χ1n) is 8.69. The van der Waals surface area contributed by atoms with E-state index in [-0.39, 0.29) is 11.8 Å². The summed E-state index contributed by atoms with van der Waals surface area (Å²) in [5.41, 5.74) is 1.89. The summed E-state index contributed by atoms with van der Waals surface area (Å²) in [6.07, 6.45) is 9.89. The summed E-state index contributed by atoms with van der Waals surface area (Å²) in [6.45, 7) is 0. The molecule has 0 spiro atoms. The van der Waals surface area contributed by atoms with Gasteiger partial charge in [-0.2, -0.15) is 5.10 Å². The Morgan fingerprint density at radius 2 is 1.96 bits per heavy atom. The fourth-order valence-corrected chi connectivity index (χ4v) is 3.31. The highest BCUT2D eigenvalue weighted by atomic mass is 16.3. The Morgan fingerprint density at radius 1 is 1.21 bits per heavy atom. The highest BCUT2D eigenvalue weighted by Crippen LogP contribution is 2.27. The molecule has 128 valence electrons. The number of aromatic nitrogens is 3. The zero-order valence-electron chi connectivity index (χ0n) is 13.7. The van der Waals surface area contributed by atoms with E-state index in [1.165, 1.54) is 19.3 Å². The molecule has 2 aromatic heterocycles. The van der Waals surface area contributed by atoms with Gasteiger partial charge in [-0.3, -0.25) is 14.9 Å². The van der Waals surface area contributed by atoms with Crippen LogP contribution in [0.4, 0.5) is 5.69 Å². The summed E-state index contributed by atoms with van der Waals surface area (Å²) in [5.74, 6) is -0.324. The zero-order valence-corrected chi connectivity index (χ0v) is 13.7. The number of anilines is 1. The van der Waals surface area contributed by atoms with E-state index >= 15 is 0 Å². The number of hydrogen-bond acceptors (Lipinski definition) is 4. The van der Waals surface area contributed by atoms with E-state index in [4.69, 9.17) is 0 Å². The molecule has 1 aliphatic rings. The van der Waals surface area contributed by atoms with Gasteiger partial charge in [0.1, 0.15) is 11.8 Å². The molecule has 2 aromatic rings. The van der Waals surface area contributed by atoms with Crippen LogP contribution in [0.5, 0.6) is 0 Å². The molecule has 0 saturated heterocycles. The van der Waals surface area contributed by atoms with Gasteiger partial charge in [-0.1, -0.05) is 38.2 Å².